The smallest absolute Gasteiger partial charge is 0.230 e. The number of nitrogens with zero attached hydrogens (tertiary/aromatic N) is 5. The Balaban J connectivity index is 1.37. The number of aryl methyl sites for hydroxylation is 1. The number of likely N-dealkylation sites (tertiary alicyclic amines) is 1. The summed E-state index contributed by atoms with van der Waals surface area (Å²) in [6.07, 6.45) is 7.11. The highest BCUT2D eigenvalue weighted by atomic mass is 16.5. The lowest BCUT2D eigenvalue weighted by atomic mass is 9.82. The van der Waals surface area contributed by atoms with Gasteiger partial charge in [0.15, 0.2) is 0 Å². The van der Waals surface area contributed by atoms with Gasteiger partial charge in [0, 0.05) is 31.8 Å². The summed E-state index contributed by atoms with van der Waals surface area (Å²) in [6, 6.07) is 3.83. The number of carbonyl (C=O) groups excluding carboxylic acids is 1. The molecule has 2 aromatic rings. The highest BCUT2D eigenvalue weighted by Gasteiger charge is 2.46. The number of fused-ring (bicyclic) bond motifs is 2. The Labute approximate surface area is 152 Å². The van der Waals surface area contributed by atoms with E-state index in [-0.39, 0.29) is 11.4 Å². The number of hydrogen-bond donors (Lipinski definition) is 0. The van der Waals surface area contributed by atoms with Gasteiger partial charge in [-0.05, 0) is 38.5 Å². The number of hydrogen-bond acceptors (Lipinski definition) is 5. The molecule has 0 radical (unpaired) electrons. The van der Waals surface area contributed by atoms with Crippen molar-refractivity contribution < 1.29 is 9.32 Å². The van der Waals surface area contributed by atoms with E-state index in [0.717, 1.165) is 49.1 Å². The minimum Gasteiger partial charge on any atom is -0.361 e. The highest BCUT2D eigenvalue weighted by molar-refractivity contribution is 5.94. The molecule has 1 aliphatic carbocycles. The Hall–Kier alpha value is -2.15. The molecule has 2 fully saturated rings. The monoisotopic (exact) mass is 355 g/mol. The first-order chi connectivity index (χ1) is 12.6. The lowest BCUT2D eigenvalue weighted by Crippen LogP contribution is -2.54. The van der Waals surface area contributed by atoms with Gasteiger partial charge in [0.05, 0.1) is 24.7 Å². The van der Waals surface area contributed by atoms with Gasteiger partial charge >= 0.3 is 0 Å². The van der Waals surface area contributed by atoms with Crippen LogP contribution in [0.15, 0.2) is 22.9 Å². The predicted molar refractivity (Wildman–Crippen MR) is 95.6 cm³/mol. The zero-order valence-electron chi connectivity index (χ0n) is 15.2. The quantitative estimate of drug-likeness (QED) is 0.842. The van der Waals surface area contributed by atoms with E-state index >= 15 is 0 Å². The Bertz CT molecular complexity index is 814. The molecule has 1 amide bonds. The van der Waals surface area contributed by atoms with E-state index in [9.17, 15) is 4.79 Å². The van der Waals surface area contributed by atoms with Crippen molar-refractivity contribution in [1.82, 2.24) is 19.8 Å². The largest absolute Gasteiger partial charge is 0.361 e. The van der Waals surface area contributed by atoms with Crippen molar-refractivity contribution in [3.05, 3.63) is 29.8 Å². The van der Waals surface area contributed by atoms with E-state index in [0.29, 0.717) is 13.0 Å². The first kappa shape index (κ1) is 16.1. The Morgan fingerprint density at radius 3 is 2.81 bits per heavy atom. The topological polar surface area (TPSA) is 67.4 Å². The summed E-state index contributed by atoms with van der Waals surface area (Å²) < 4.78 is 7.26. The molecule has 1 saturated heterocycles. The second kappa shape index (κ2) is 5.94. The molecule has 3 aliphatic rings. The first-order valence-electron chi connectivity index (χ1n) is 9.62. The Morgan fingerprint density at radius 2 is 2.12 bits per heavy atom. The second-order valence-electron chi connectivity index (χ2n) is 8.16. The van der Waals surface area contributed by atoms with E-state index in [1.807, 2.05) is 25.3 Å². The summed E-state index contributed by atoms with van der Waals surface area (Å²) in [5.41, 5.74) is 0.616. The molecule has 1 saturated carbocycles. The number of piperidine rings is 1. The van der Waals surface area contributed by atoms with Crippen LogP contribution in [-0.4, -0.2) is 45.4 Å². The fourth-order valence-electron chi connectivity index (χ4n) is 4.48. The van der Waals surface area contributed by atoms with Gasteiger partial charge in [0.2, 0.25) is 5.91 Å². The molecule has 0 aromatic carbocycles. The molecule has 0 unspecified atom stereocenters. The molecule has 5 rings (SSSR count). The molecule has 0 bridgehead atoms. The fourth-order valence-corrected chi connectivity index (χ4v) is 4.48. The maximum Gasteiger partial charge on any atom is 0.230 e. The molecule has 26 heavy (non-hydrogen) atoms. The average molecular weight is 355 g/mol. The van der Waals surface area contributed by atoms with Gasteiger partial charge in [-0.1, -0.05) is 5.16 Å². The molecule has 1 spiro atoms. The molecule has 138 valence electrons. The predicted octanol–water partition coefficient (Wildman–Crippen LogP) is 2.32. The van der Waals surface area contributed by atoms with Gasteiger partial charge in [-0.15, -0.1) is 0 Å². The average Bonchev–Trinajstić information content (AvgIpc) is 3.13. The Kier molecular flexibility index (Phi) is 3.67. The lowest BCUT2D eigenvalue weighted by molar-refractivity contribution is -0.123. The standard InChI is InChI=1S/C19H25N5O2/c1-14-10-16(21-26-14)13-23-17-4-7-20-24(17)19(11-18(23)25)5-8-22(9-6-19)12-15-2-3-15/h4,7,10,15H,2-3,5-6,8-9,11-13H2,1H3. The molecular weight excluding hydrogens is 330 g/mol. The van der Waals surface area contributed by atoms with Crippen molar-refractivity contribution in [2.45, 2.75) is 51.1 Å². The van der Waals surface area contributed by atoms with E-state index in [1.54, 1.807) is 4.90 Å². The van der Waals surface area contributed by atoms with Crippen LogP contribution >= 0.6 is 0 Å². The summed E-state index contributed by atoms with van der Waals surface area (Å²) in [5, 5.41) is 8.67. The summed E-state index contributed by atoms with van der Waals surface area (Å²) in [4.78, 5) is 17.4. The summed E-state index contributed by atoms with van der Waals surface area (Å²) in [6.45, 7) is 5.65. The van der Waals surface area contributed by atoms with E-state index in [1.165, 1.54) is 19.4 Å². The van der Waals surface area contributed by atoms with Crippen molar-refractivity contribution in [3.63, 3.8) is 0 Å². The second-order valence-corrected chi connectivity index (χ2v) is 8.16. The maximum atomic E-state index is 13.0. The molecular formula is C19H25N5O2. The van der Waals surface area contributed by atoms with Gasteiger partial charge < -0.3 is 9.42 Å². The third kappa shape index (κ3) is 2.74. The van der Waals surface area contributed by atoms with Crippen molar-refractivity contribution in [2.75, 3.05) is 24.5 Å². The summed E-state index contributed by atoms with van der Waals surface area (Å²) >= 11 is 0. The zero-order valence-corrected chi connectivity index (χ0v) is 15.2. The van der Waals surface area contributed by atoms with Crippen LogP contribution in [0.25, 0.3) is 0 Å². The summed E-state index contributed by atoms with van der Waals surface area (Å²) in [5.74, 6) is 2.73. The SMILES string of the molecule is Cc1cc(CN2C(=O)CC3(CCN(CC4CC4)CC3)n3nccc32)no1. The highest BCUT2D eigenvalue weighted by Crippen LogP contribution is 2.42. The van der Waals surface area contributed by atoms with Crippen LogP contribution in [0.4, 0.5) is 5.82 Å². The molecule has 2 aliphatic heterocycles. The number of amides is 1. The van der Waals surface area contributed by atoms with Crippen molar-refractivity contribution in [3.8, 4) is 0 Å². The van der Waals surface area contributed by atoms with Gasteiger partial charge in [-0.2, -0.15) is 5.10 Å². The molecule has 7 heteroatoms. The van der Waals surface area contributed by atoms with Crippen molar-refractivity contribution in [1.29, 1.82) is 0 Å². The van der Waals surface area contributed by atoms with Crippen LogP contribution in [0.3, 0.4) is 0 Å². The number of aromatic nitrogens is 3. The molecule has 0 atom stereocenters. The number of carbonyl (C=O) groups is 1. The number of anilines is 1. The van der Waals surface area contributed by atoms with Gasteiger partial charge in [-0.3, -0.25) is 9.69 Å². The van der Waals surface area contributed by atoms with E-state index < -0.39 is 0 Å². The molecule has 2 aromatic heterocycles. The number of rotatable bonds is 4. The molecule has 4 heterocycles. The van der Waals surface area contributed by atoms with Gasteiger partial charge in [0.25, 0.3) is 0 Å². The fraction of sp³-hybridized carbons (Fsp3) is 0.632. The lowest BCUT2D eigenvalue weighted by Gasteiger charge is -2.46. The minimum atomic E-state index is -0.161. The normalized spacial score (nSPS) is 22.8. The van der Waals surface area contributed by atoms with E-state index in [2.05, 4.69) is 19.8 Å². The van der Waals surface area contributed by atoms with Crippen LogP contribution in [0, 0.1) is 12.8 Å². The van der Waals surface area contributed by atoms with Crippen molar-refractivity contribution in [2.24, 2.45) is 5.92 Å². The van der Waals surface area contributed by atoms with Crippen LogP contribution in [-0.2, 0) is 16.9 Å². The third-order valence-corrected chi connectivity index (χ3v) is 6.13. The van der Waals surface area contributed by atoms with Crippen molar-refractivity contribution >= 4 is 11.7 Å². The van der Waals surface area contributed by atoms with Gasteiger partial charge in [-0.25, -0.2) is 4.68 Å². The van der Waals surface area contributed by atoms with E-state index in [4.69, 9.17) is 4.52 Å². The molecule has 0 N–H and O–H groups in total. The minimum absolute atomic E-state index is 0.161. The van der Waals surface area contributed by atoms with Crippen LogP contribution in [0.1, 0.15) is 43.6 Å². The van der Waals surface area contributed by atoms with Crippen LogP contribution in [0.5, 0.6) is 0 Å². The molecule has 7 nitrogen and oxygen atoms in total. The summed E-state index contributed by atoms with van der Waals surface area (Å²) in [7, 11) is 0. The van der Waals surface area contributed by atoms with Gasteiger partial charge in [0.1, 0.15) is 17.3 Å². The van der Waals surface area contributed by atoms with Crippen LogP contribution in [0.2, 0.25) is 0 Å². The zero-order chi connectivity index (χ0) is 17.7. The first-order valence-corrected chi connectivity index (χ1v) is 9.62. The Morgan fingerprint density at radius 1 is 1.31 bits per heavy atom. The third-order valence-electron chi connectivity index (χ3n) is 6.13. The maximum absolute atomic E-state index is 13.0. The van der Waals surface area contributed by atoms with Crippen LogP contribution < -0.4 is 4.90 Å².